The zero-order valence-electron chi connectivity index (χ0n) is 16.4. The quantitative estimate of drug-likeness (QED) is 0.516. The molecule has 9 heteroatoms. The van der Waals surface area contributed by atoms with E-state index in [2.05, 4.69) is 37.9 Å². The molecule has 1 aliphatic rings. The van der Waals surface area contributed by atoms with Gasteiger partial charge in [0.15, 0.2) is 4.34 Å². The molecule has 1 fully saturated rings. The minimum atomic E-state index is -0.0619. The van der Waals surface area contributed by atoms with Crippen LogP contribution in [-0.2, 0) is 16.1 Å². The number of hydrogen-bond donors (Lipinski definition) is 2. The van der Waals surface area contributed by atoms with E-state index in [4.69, 9.17) is 4.74 Å². The van der Waals surface area contributed by atoms with Gasteiger partial charge in [0.05, 0.1) is 19.0 Å². The Morgan fingerprint density at radius 1 is 1.07 bits per heavy atom. The van der Waals surface area contributed by atoms with Crippen LogP contribution in [0, 0.1) is 0 Å². The number of amides is 1. The van der Waals surface area contributed by atoms with Gasteiger partial charge in [0.1, 0.15) is 0 Å². The van der Waals surface area contributed by atoms with Gasteiger partial charge in [-0.2, -0.15) is 0 Å². The first-order valence-electron chi connectivity index (χ1n) is 9.73. The molecule has 1 aromatic heterocycles. The van der Waals surface area contributed by atoms with Crippen LogP contribution in [0.2, 0.25) is 0 Å². The van der Waals surface area contributed by atoms with Crippen molar-refractivity contribution < 1.29 is 9.53 Å². The van der Waals surface area contributed by atoms with E-state index in [-0.39, 0.29) is 5.91 Å². The Balaban J connectivity index is 1.21. The Bertz CT molecular complexity index is 944. The van der Waals surface area contributed by atoms with E-state index >= 15 is 0 Å². The molecule has 0 atom stereocenters. The lowest BCUT2D eigenvalue weighted by molar-refractivity contribution is -0.113. The van der Waals surface area contributed by atoms with Crippen molar-refractivity contribution in [3.63, 3.8) is 0 Å². The maximum atomic E-state index is 12.3. The molecular weight excluding hydrogens is 418 g/mol. The van der Waals surface area contributed by atoms with Gasteiger partial charge in [0.2, 0.25) is 11.0 Å². The predicted molar refractivity (Wildman–Crippen MR) is 123 cm³/mol. The number of morpholine rings is 1. The summed E-state index contributed by atoms with van der Waals surface area (Å²) in [5, 5.41) is 15.2. The Morgan fingerprint density at radius 2 is 1.83 bits per heavy atom. The molecule has 0 saturated carbocycles. The summed E-state index contributed by atoms with van der Waals surface area (Å²) >= 11 is 2.84. The molecule has 1 saturated heterocycles. The molecule has 0 radical (unpaired) electrons. The standard InChI is InChI=1S/C21H23N5O2S2/c27-19(23-17-6-8-18(9-7-17)26-10-12-28-13-11-26)15-29-21-25-24-20(30-21)22-14-16-4-2-1-3-5-16/h1-9H,10-15H2,(H,22,24)(H,23,27). The van der Waals surface area contributed by atoms with Crippen molar-refractivity contribution in [1.29, 1.82) is 0 Å². The average Bonchev–Trinajstić information content (AvgIpc) is 3.26. The van der Waals surface area contributed by atoms with E-state index < -0.39 is 0 Å². The van der Waals surface area contributed by atoms with Gasteiger partial charge < -0.3 is 20.3 Å². The molecule has 156 valence electrons. The molecular formula is C21H23N5O2S2. The molecule has 2 heterocycles. The van der Waals surface area contributed by atoms with Crippen LogP contribution in [0.4, 0.5) is 16.5 Å². The van der Waals surface area contributed by atoms with Gasteiger partial charge in [0.25, 0.3) is 0 Å². The monoisotopic (exact) mass is 441 g/mol. The maximum Gasteiger partial charge on any atom is 0.234 e. The van der Waals surface area contributed by atoms with Crippen molar-refractivity contribution >= 4 is 45.5 Å². The second-order valence-electron chi connectivity index (χ2n) is 6.70. The number of anilines is 3. The molecule has 0 aliphatic carbocycles. The fourth-order valence-corrected chi connectivity index (χ4v) is 4.56. The van der Waals surface area contributed by atoms with Gasteiger partial charge in [-0.1, -0.05) is 53.4 Å². The van der Waals surface area contributed by atoms with Crippen LogP contribution in [0.25, 0.3) is 0 Å². The molecule has 4 rings (SSSR count). The van der Waals surface area contributed by atoms with E-state index in [1.54, 1.807) is 0 Å². The molecule has 0 bridgehead atoms. The number of carbonyl (C=O) groups is 1. The zero-order chi connectivity index (χ0) is 20.6. The van der Waals surface area contributed by atoms with Crippen LogP contribution in [0.3, 0.4) is 0 Å². The van der Waals surface area contributed by atoms with Crippen molar-refractivity contribution in [2.45, 2.75) is 10.9 Å². The van der Waals surface area contributed by atoms with E-state index in [0.717, 1.165) is 47.1 Å². The fourth-order valence-electron chi connectivity index (χ4n) is 3.01. The number of thioether (sulfide) groups is 1. The van der Waals surface area contributed by atoms with Crippen LogP contribution in [0.5, 0.6) is 0 Å². The predicted octanol–water partition coefficient (Wildman–Crippen LogP) is 3.72. The van der Waals surface area contributed by atoms with Crippen LogP contribution >= 0.6 is 23.1 Å². The molecule has 3 aromatic rings. The van der Waals surface area contributed by atoms with Crippen LogP contribution < -0.4 is 15.5 Å². The molecule has 7 nitrogen and oxygen atoms in total. The van der Waals surface area contributed by atoms with Gasteiger partial charge in [0, 0.05) is 31.0 Å². The van der Waals surface area contributed by atoms with Crippen molar-refractivity contribution in [3.05, 3.63) is 60.2 Å². The summed E-state index contributed by atoms with van der Waals surface area (Å²) in [6.45, 7) is 4.00. The average molecular weight is 442 g/mol. The Hall–Kier alpha value is -2.62. The first-order chi connectivity index (χ1) is 14.8. The molecule has 1 aliphatic heterocycles. The van der Waals surface area contributed by atoms with E-state index in [0.29, 0.717) is 12.3 Å². The summed E-state index contributed by atoms with van der Waals surface area (Å²) in [5.74, 6) is 0.228. The normalized spacial score (nSPS) is 13.8. The minimum absolute atomic E-state index is 0.0619. The lowest BCUT2D eigenvalue weighted by Gasteiger charge is -2.28. The number of ether oxygens (including phenoxy) is 1. The Labute approximate surface area is 183 Å². The number of aromatic nitrogens is 2. The number of nitrogens with zero attached hydrogens (tertiary/aromatic N) is 3. The Kier molecular flexibility index (Phi) is 7.17. The van der Waals surface area contributed by atoms with Gasteiger partial charge >= 0.3 is 0 Å². The molecule has 30 heavy (non-hydrogen) atoms. The number of carbonyl (C=O) groups excluding carboxylic acids is 1. The molecule has 2 aromatic carbocycles. The third kappa shape index (κ3) is 5.94. The van der Waals surface area contributed by atoms with Gasteiger partial charge in [-0.15, -0.1) is 10.2 Å². The van der Waals surface area contributed by atoms with Gasteiger partial charge in [-0.05, 0) is 29.8 Å². The van der Waals surface area contributed by atoms with Crippen molar-refractivity contribution in [3.8, 4) is 0 Å². The second-order valence-corrected chi connectivity index (χ2v) is 8.90. The van der Waals surface area contributed by atoms with Crippen molar-refractivity contribution in [2.75, 3.05) is 47.6 Å². The van der Waals surface area contributed by atoms with Gasteiger partial charge in [-0.3, -0.25) is 4.79 Å². The summed E-state index contributed by atoms with van der Waals surface area (Å²) in [5.41, 5.74) is 3.12. The second kappa shape index (κ2) is 10.4. The highest BCUT2D eigenvalue weighted by molar-refractivity contribution is 8.01. The van der Waals surface area contributed by atoms with E-state index in [1.807, 2.05) is 42.5 Å². The zero-order valence-corrected chi connectivity index (χ0v) is 18.0. The summed E-state index contributed by atoms with van der Waals surface area (Å²) in [4.78, 5) is 14.6. The summed E-state index contributed by atoms with van der Waals surface area (Å²) in [7, 11) is 0. The first kappa shape index (κ1) is 20.6. The van der Waals surface area contributed by atoms with E-state index in [9.17, 15) is 4.79 Å². The lowest BCUT2D eigenvalue weighted by atomic mass is 10.2. The summed E-state index contributed by atoms with van der Waals surface area (Å²) in [6, 6.07) is 18.1. The number of hydrogen-bond acceptors (Lipinski definition) is 8. The third-order valence-corrected chi connectivity index (χ3v) is 6.56. The molecule has 0 unspecified atom stereocenters. The van der Waals surface area contributed by atoms with E-state index in [1.165, 1.54) is 28.7 Å². The fraction of sp³-hybridized carbons (Fsp3) is 0.286. The largest absolute Gasteiger partial charge is 0.378 e. The summed E-state index contributed by atoms with van der Waals surface area (Å²) in [6.07, 6.45) is 0. The van der Waals surface area contributed by atoms with Crippen LogP contribution in [0.15, 0.2) is 58.9 Å². The number of nitrogens with one attached hydrogen (secondary N) is 2. The highest BCUT2D eigenvalue weighted by Crippen LogP contribution is 2.26. The minimum Gasteiger partial charge on any atom is -0.378 e. The number of benzene rings is 2. The lowest BCUT2D eigenvalue weighted by Crippen LogP contribution is -2.36. The van der Waals surface area contributed by atoms with Crippen molar-refractivity contribution in [1.82, 2.24) is 10.2 Å². The number of rotatable bonds is 8. The first-order valence-corrected chi connectivity index (χ1v) is 11.5. The molecule has 0 spiro atoms. The highest BCUT2D eigenvalue weighted by Gasteiger charge is 2.12. The molecule has 2 N–H and O–H groups in total. The Morgan fingerprint density at radius 3 is 2.60 bits per heavy atom. The van der Waals surface area contributed by atoms with Gasteiger partial charge in [-0.25, -0.2) is 0 Å². The van der Waals surface area contributed by atoms with Crippen LogP contribution in [0.1, 0.15) is 5.56 Å². The molecule has 1 amide bonds. The smallest absolute Gasteiger partial charge is 0.234 e. The SMILES string of the molecule is O=C(CSc1nnc(NCc2ccccc2)s1)Nc1ccc(N2CCOCC2)cc1. The topological polar surface area (TPSA) is 79.4 Å². The maximum absolute atomic E-state index is 12.3. The van der Waals surface area contributed by atoms with Crippen LogP contribution in [-0.4, -0.2) is 48.2 Å². The summed E-state index contributed by atoms with van der Waals surface area (Å²) < 4.78 is 6.15. The highest BCUT2D eigenvalue weighted by atomic mass is 32.2. The van der Waals surface area contributed by atoms with Crippen molar-refractivity contribution in [2.24, 2.45) is 0 Å². The third-order valence-electron chi connectivity index (χ3n) is 4.55.